The second-order valence-electron chi connectivity index (χ2n) is 4.30. The van der Waals surface area contributed by atoms with Crippen LogP contribution in [0.25, 0.3) is 0 Å². The number of rotatable bonds is 3. The summed E-state index contributed by atoms with van der Waals surface area (Å²) in [6.45, 7) is 1.88. The second-order valence-corrected chi connectivity index (χ2v) is 5.55. The lowest BCUT2D eigenvalue weighted by Crippen LogP contribution is -2.37. The van der Waals surface area contributed by atoms with Crippen molar-refractivity contribution >= 4 is 28.5 Å². The van der Waals surface area contributed by atoms with Crippen molar-refractivity contribution in [2.45, 2.75) is 44.7 Å². The van der Waals surface area contributed by atoms with E-state index < -0.39 is 0 Å². The quantitative estimate of drug-likeness (QED) is 0.862. The summed E-state index contributed by atoms with van der Waals surface area (Å²) in [6.07, 6.45) is 8.36. The molecule has 0 saturated heterocycles. The first-order valence-corrected chi connectivity index (χ1v) is 6.74. The minimum absolute atomic E-state index is 0.0754. The number of nitrogens with zero attached hydrogens (tertiary/aromatic N) is 2. The Morgan fingerprint density at radius 1 is 1.62 bits per heavy atom. The van der Waals surface area contributed by atoms with E-state index in [1.165, 1.54) is 12.8 Å². The van der Waals surface area contributed by atoms with Crippen LogP contribution in [0.2, 0.25) is 0 Å². The molecule has 1 N–H and O–H groups in total. The van der Waals surface area contributed by atoms with E-state index >= 15 is 0 Å². The number of aromatic nitrogens is 2. The van der Waals surface area contributed by atoms with Gasteiger partial charge < -0.3 is 5.32 Å². The summed E-state index contributed by atoms with van der Waals surface area (Å²) in [7, 11) is 0. The molecular weight excluding hydrogens is 317 g/mol. The third-order valence-corrected chi connectivity index (χ3v) is 3.60. The van der Waals surface area contributed by atoms with E-state index in [-0.39, 0.29) is 11.9 Å². The fourth-order valence-corrected chi connectivity index (χ4v) is 2.45. The topological polar surface area (TPSA) is 46.9 Å². The monoisotopic (exact) mass is 333 g/mol. The van der Waals surface area contributed by atoms with Crippen molar-refractivity contribution < 1.29 is 4.79 Å². The Balaban J connectivity index is 1.93. The molecule has 1 aliphatic carbocycles. The summed E-state index contributed by atoms with van der Waals surface area (Å²) < 4.78 is 2.77. The first-order chi connectivity index (χ1) is 7.66. The Morgan fingerprint density at radius 3 is 2.88 bits per heavy atom. The number of carbonyl (C=O) groups excluding carboxylic acids is 1. The van der Waals surface area contributed by atoms with Gasteiger partial charge >= 0.3 is 0 Å². The van der Waals surface area contributed by atoms with E-state index in [1.807, 2.05) is 13.1 Å². The van der Waals surface area contributed by atoms with Gasteiger partial charge in [0.15, 0.2) is 0 Å². The van der Waals surface area contributed by atoms with Gasteiger partial charge in [-0.05, 0) is 42.4 Å². The van der Waals surface area contributed by atoms with Crippen molar-refractivity contribution in [3.05, 3.63) is 16.0 Å². The predicted molar refractivity (Wildman–Crippen MR) is 70.1 cm³/mol. The van der Waals surface area contributed by atoms with E-state index in [0.29, 0.717) is 6.04 Å². The molecule has 0 aromatic carbocycles. The van der Waals surface area contributed by atoms with Crippen LogP contribution in [-0.2, 0) is 4.79 Å². The maximum Gasteiger partial charge on any atom is 0.244 e. The molecule has 1 amide bonds. The van der Waals surface area contributed by atoms with Crippen molar-refractivity contribution in [1.29, 1.82) is 0 Å². The van der Waals surface area contributed by atoms with E-state index in [1.54, 1.807) is 10.9 Å². The summed E-state index contributed by atoms with van der Waals surface area (Å²) in [5, 5.41) is 7.24. The number of hydrogen-bond acceptors (Lipinski definition) is 2. The first-order valence-electron chi connectivity index (χ1n) is 5.67. The maximum atomic E-state index is 11.9. The molecule has 5 heteroatoms. The van der Waals surface area contributed by atoms with Crippen LogP contribution in [0.3, 0.4) is 0 Å². The fraction of sp³-hybridized carbons (Fsp3) is 0.636. The zero-order chi connectivity index (χ0) is 11.5. The van der Waals surface area contributed by atoms with Gasteiger partial charge in [-0.1, -0.05) is 12.8 Å². The zero-order valence-electron chi connectivity index (χ0n) is 9.32. The van der Waals surface area contributed by atoms with E-state index in [0.717, 1.165) is 16.4 Å². The molecule has 1 atom stereocenters. The Kier molecular flexibility index (Phi) is 3.83. The highest BCUT2D eigenvalue weighted by Gasteiger charge is 2.21. The zero-order valence-corrected chi connectivity index (χ0v) is 11.5. The number of nitrogens with one attached hydrogen (secondary N) is 1. The molecule has 88 valence electrons. The van der Waals surface area contributed by atoms with Gasteiger partial charge in [0.25, 0.3) is 0 Å². The number of carbonyl (C=O) groups is 1. The first kappa shape index (κ1) is 11.9. The van der Waals surface area contributed by atoms with Crippen molar-refractivity contribution in [2.75, 3.05) is 0 Å². The van der Waals surface area contributed by atoms with E-state index in [4.69, 9.17) is 0 Å². The highest BCUT2D eigenvalue weighted by Crippen LogP contribution is 2.18. The van der Waals surface area contributed by atoms with Crippen LogP contribution in [0, 0.1) is 3.57 Å². The van der Waals surface area contributed by atoms with E-state index in [2.05, 4.69) is 33.0 Å². The maximum absolute atomic E-state index is 11.9. The van der Waals surface area contributed by atoms with Crippen molar-refractivity contribution in [3.63, 3.8) is 0 Å². The minimum Gasteiger partial charge on any atom is -0.352 e. The smallest absolute Gasteiger partial charge is 0.244 e. The standard InChI is InChI=1S/C11H16IN3O/c1-8(15-7-9(12)6-13-15)11(16)14-10-4-2-3-5-10/h6-8,10H,2-5H2,1H3,(H,14,16)/t8-/m1/s1. The number of hydrogen-bond donors (Lipinski definition) is 1. The molecule has 1 aromatic heterocycles. The molecule has 1 heterocycles. The summed E-state index contributed by atoms with van der Waals surface area (Å²) in [5.41, 5.74) is 0. The normalized spacial score (nSPS) is 18.6. The van der Waals surface area contributed by atoms with Gasteiger partial charge in [0.1, 0.15) is 6.04 Å². The van der Waals surface area contributed by atoms with Crippen LogP contribution in [0.15, 0.2) is 12.4 Å². The molecule has 0 aliphatic heterocycles. The molecule has 2 rings (SSSR count). The Labute approximate surface area is 109 Å². The Bertz CT molecular complexity index is 371. The summed E-state index contributed by atoms with van der Waals surface area (Å²) in [6, 6.07) is 0.161. The Hall–Kier alpha value is -0.590. The highest BCUT2D eigenvalue weighted by molar-refractivity contribution is 14.1. The van der Waals surface area contributed by atoms with Crippen LogP contribution >= 0.6 is 22.6 Å². The average molecular weight is 333 g/mol. The Morgan fingerprint density at radius 2 is 2.31 bits per heavy atom. The SMILES string of the molecule is C[C@H](C(=O)NC1CCCC1)n1cc(I)cn1. The van der Waals surface area contributed by atoms with Gasteiger partial charge in [0.05, 0.1) is 9.77 Å². The van der Waals surface area contributed by atoms with Gasteiger partial charge in [-0.2, -0.15) is 5.10 Å². The fourth-order valence-electron chi connectivity index (χ4n) is 2.04. The third kappa shape index (κ3) is 2.75. The molecule has 4 nitrogen and oxygen atoms in total. The molecule has 0 spiro atoms. The molecule has 1 fully saturated rings. The third-order valence-electron chi connectivity index (χ3n) is 3.05. The van der Waals surface area contributed by atoms with Crippen LogP contribution < -0.4 is 5.32 Å². The summed E-state index contributed by atoms with van der Waals surface area (Å²) in [5.74, 6) is 0.0754. The minimum atomic E-state index is -0.218. The van der Waals surface area contributed by atoms with Crippen molar-refractivity contribution in [2.24, 2.45) is 0 Å². The average Bonchev–Trinajstić information content (AvgIpc) is 2.88. The highest BCUT2D eigenvalue weighted by atomic mass is 127. The summed E-state index contributed by atoms with van der Waals surface area (Å²) >= 11 is 2.19. The molecule has 1 aromatic rings. The van der Waals surface area contributed by atoms with E-state index in [9.17, 15) is 4.79 Å². The van der Waals surface area contributed by atoms with Gasteiger partial charge in [-0.15, -0.1) is 0 Å². The molecule has 0 unspecified atom stereocenters. The van der Waals surface area contributed by atoms with Gasteiger partial charge in [-0.25, -0.2) is 0 Å². The van der Waals surface area contributed by atoms with Crippen LogP contribution in [-0.4, -0.2) is 21.7 Å². The molecule has 16 heavy (non-hydrogen) atoms. The van der Waals surface area contributed by atoms with Crippen molar-refractivity contribution in [3.8, 4) is 0 Å². The lowest BCUT2D eigenvalue weighted by Gasteiger charge is -2.16. The molecule has 1 aliphatic rings. The van der Waals surface area contributed by atoms with Gasteiger partial charge in [-0.3, -0.25) is 9.48 Å². The second kappa shape index (κ2) is 5.16. The number of halogens is 1. The number of amides is 1. The molecule has 0 radical (unpaired) electrons. The summed E-state index contributed by atoms with van der Waals surface area (Å²) in [4.78, 5) is 11.9. The van der Waals surface area contributed by atoms with Crippen LogP contribution in [0.5, 0.6) is 0 Å². The molecular formula is C11H16IN3O. The largest absolute Gasteiger partial charge is 0.352 e. The molecule has 1 saturated carbocycles. The predicted octanol–water partition coefficient (Wildman–Crippen LogP) is 2.11. The van der Waals surface area contributed by atoms with Gasteiger partial charge in [0.2, 0.25) is 5.91 Å². The van der Waals surface area contributed by atoms with Crippen LogP contribution in [0.1, 0.15) is 38.6 Å². The lowest BCUT2D eigenvalue weighted by molar-refractivity contribution is -0.124. The van der Waals surface area contributed by atoms with Gasteiger partial charge in [0, 0.05) is 12.2 Å². The molecule has 0 bridgehead atoms. The van der Waals surface area contributed by atoms with Crippen LogP contribution in [0.4, 0.5) is 0 Å². The van der Waals surface area contributed by atoms with Crippen molar-refractivity contribution in [1.82, 2.24) is 15.1 Å². The lowest BCUT2D eigenvalue weighted by atomic mass is 10.2.